The van der Waals surface area contributed by atoms with Crippen LogP contribution < -0.4 is 20.7 Å². The molecule has 5 rings (SSSR count). The first-order valence-electron chi connectivity index (χ1n) is 15.3. The Morgan fingerprint density at radius 3 is 2.26 bits per heavy atom. The number of rotatable bonds is 14. The van der Waals surface area contributed by atoms with E-state index in [9.17, 15) is 14.4 Å². The van der Waals surface area contributed by atoms with Gasteiger partial charge in [0.15, 0.2) is 0 Å². The average Bonchev–Trinajstić information content (AvgIpc) is 3.62. The van der Waals surface area contributed by atoms with Crippen molar-refractivity contribution in [3.63, 3.8) is 0 Å². The maximum atomic E-state index is 13.6. The molecule has 1 heterocycles. The van der Waals surface area contributed by atoms with Gasteiger partial charge in [0.05, 0.1) is 12.9 Å². The molecule has 0 saturated carbocycles. The van der Waals surface area contributed by atoms with Crippen molar-refractivity contribution >= 4 is 46.9 Å². The SMILES string of the molecule is CCCCOc1ccc(NC(=O)C(Sc2cccc(NC(=O)/C(=C/c3ccco3)NC(=O)c3ccccc3)c2)c2ccccc2)cc1. The molecule has 1 unspecified atom stereocenters. The van der Waals surface area contributed by atoms with Crippen LogP contribution in [0.4, 0.5) is 11.4 Å². The van der Waals surface area contributed by atoms with Crippen LogP contribution in [0.5, 0.6) is 5.75 Å². The molecule has 47 heavy (non-hydrogen) atoms. The van der Waals surface area contributed by atoms with Gasteiger partial charge in [0.1, 0.15) is 22.5 Å². The Morgan fingerprint density at radius 1 is 0.809 bits per heavy atom. The number of thioether (sulfide) groups is 1. The number of carbonyl (C=O) groups is 3. The number of nitrogens with one attached hydrogen (secondary N) is 3. The van der Waals surface area contributed by atoms with Crippen molar-refractivity contribution in [2.75, 3.05) is 17.2 Å². The van der Waals surface area contributed by atoms with Crippen molar-refractivity contribution < 1.29 is 23.5 Å². The Hall–Kier alpha value is -5.54. The Balaban J connectivity index is 1.31. The van der Waals surface area contributed by atoms with E-state index in [1.54, 1.807) is 54.6 Å². The molecular weight excluding hydrogens is 611 g/mol. The highest BCUT2D eigenvalue weighted by Gasteiger charge is 2.23. The fraction of sp³-hybridized carbons (Fsp3) is 0.132. The van der Waals surface area contributed by atoms with Gasteiger partial charge in [0.2, 0.25) is 5.91 Å². The predicted molar refractivity (Wildman–Crippen MR) is 186 cm³/mol. The smallest absolute Gasteiger partial charge is 0.272 e. The van der Waals surface area contributed by atoms with Crippen molar-refractivity contribution in [1.29, 1.82) is 0 Å². The number of anilines is 2. The minimum absolute atomic E-state index is 0.00943. The standard InChI is InChI=1S/C38H35N3O5S/c1-2-3-23-45-31-21-19-29(20-22-31)39-38(44)35(27-12-6-4-7-13-27)47-33-18-10-16-30(25-33)40-37(43)34(26-32-17-11-24-46-32)41-36(42)28-14-8-5-9-15-28/h4-22,24-26,35H,2-3,23H2,1H3,(H,39,44)(H,40,43)(H,41,42)/b34-26-. The number of hydrogen-bond acceptors (Lipinski definition) is 6. The van der Waals surface area contributed by atoms with Crippen molar-refractivity contribution in [2.24, 2.45) is 0 Å². The Labute approximate surface area is 278 Å². The zero-order valence-electron chi connectivity index (χ0n) is 25.8. The van der Waals surface area contributed by atoms with Crippen LogP contribution in [0.2, 0.25) is 0 Å². The number of hydrogen-bond donors (Lipinski definition) is 3. The van der Waals surface area contributed by atoms with Crippen LogP contribution in [0.25, 0.3) is 6.08 Å². The first kappa shape index (κ1) is 32.8. The van der Waals surface area contributed by atoms with Crippen LogP contribution in [-0.2, 0) is 9.59 Å². The molecule has 0 aliphatic carbocycles. The molecule has 0 spiro atoms. The van der Waals surface area contributed by atoms with E-state index < -0.39 is 17.1 Å². The number of furan rings is 1. The van der Waals surface area contributed by atoms with Gasteiger partial charge in [-0.25, -0.2) is 0 Å². The number of carbonyl (C=O) groups excluding carboxylic acids is 3. The minimum Gasteiger partial charge on any atom is -0.494 e. The topological polar surface area (TPSA) is 110 Å². The summed E-state index contributed by atoms with van der Waals surface area (Å²) in [4.78, 5) is 40.8. The van der Waals surface area contributed by atoms with E-state index in [2.05, 4.69) is 22.9 Å². The summed E-state index contributed by atoms with van der Waals surface area (Å²) in [7, 11) is 0. The molecule has 238 valence electrons. The summed E-state index contributed by atoms with van der Waals surface area (Å²) in [6.45, 7) is 2.76. The van der Waals surface area contributed by atoms with E-state index >= 15 is 0 Å². The first-order chi connectivity index (χ1) is 23.0. The third-order valence-corrected chi connectivity index (χ3v) is 8.18. The van der Waals surface area contributed by atoms with Gasteiger partial charge in [-0.2, -0.15) is 0 Å². The fourth-order valence-corrected chi connectivity index (χ4v) is 5.60. The summed E-state index contributed by atoms with van der Waals surface area (Å²) in [5, 5.41) is 8.01. The maximum Gasteiger partial charge on any atom is 0.272 e. The van der Waals surface area contributed by atoms with E-state index in [4.69, 9.17) is 9.15 Å². The van der Waals surface area contributed by atoms with E-state index in [0.29, 0.717) is 29.3 Å². The summed E-state index contributed by atoms with van der Waals surface area (Å²) < 4.78 is 11.1. The lowest BCUT2D eigenvalue weighted by Crippen LogP contribution is -2.30. The second kappa shape index (κ2) is 16.7. The zero-order chi connectivity index (χ0) is 32.8. The molecule has 3 amide bonds. The van der Waals surface area contributed by atoms with Gasteiger partial charge in [-0.05, 0) is 78.7 Å². The van der Waals surface area contributed by atoms with E-state index in [0.717, 1.165) is 29.1 Å². The largest absolute Gasteiger partial charge is 0.494 e. The predicted octanol–water partition coefficient (Wildman–Crippen LogP) is 8.34. The molecule has 9 heteroatoms. The van der Waals surface area contributed by atoms with Crippen LogP contribution >= 0.6 is 11.8 Å². The van der Waals surface area contributed by atoms with Gasteiger partial charge in [0.25, 0.3) is 11.8 Å². The molecule has 1 aromatic heterocycles. The van der Waals surface area contributed by atoms with Crippen LogP contribution in [0.3, 0.4) is 0 Å². The normalized spacial score (nSPS) is 11.7. The molecule has 0 saturated heterocycles. The van der Waals surface area contributed by atoms with Crippen molar-refractivity contribution in [3.05, 3.63) is 150 Å². The average molecular weight is 646 g/mol. The lowest BCUT2D eigenvalue weighted by Gasteiger charge is -2.18. The molecule has 8 nitrogen and oxygen atoms in total. The molecule has 4 aromatic carbocycles. The molecule has 1 atom stereocenters. The van der Waals surface area contributed by atoms with Gasteiger partial charge in [-0.15, -0.1) is 11.8 Å². The van der Waals surface area contributed by atoms with Gasteiger partial charge in [-0.1, -0.05) is 67.9 Å². The van der Waals surface area contributed by atoms with Gasteiger partial charge >= 0.3 is 0 Å². The summed E-state index contributed by atoms with van der Waals surface area (Å²) >= 11 is 1.36. The molecule has 3 N–H and O–H groups in total. The van der Waals surface area contributed by atoms with Gasteiger partial charge in [-0.3, -0.25) is 14.4 Å². The number of amides is 3. The zero-order valence-corrected chi connectivity index (χ0v) is 26.7. The number of unbranched alkanes of at least 4 members (excludes halogenated alkanes) is 1. The Bertz CT molecular complexity index is 1790. The van der Waals surface area contributed by atoms with Gasteiger partial charge < -0.3 is 25.1 Å². The van der Waals surface area contributed by atoms with E-state index in [1.807, 2.05) is 66.7 Å². The molecule has 0 bridgehead atoms. The monoisotopic (exact) mass is 645 g/mol. The number of benzene rings is 4. The molecule has 0 fully saturated rings. The van der Waals surface area contributed by atoms with Crippen molar-refractivity contribution in [1.82, 2.24) is 5.32 Å². The highest BCUT2D eigenvalue weighted by Crippen LogP contribution is 2.37. The molecular formula is C38H35N3O5S. The highest BCUT2D eigenvalue weighted by atomic mass is 32.2. The lowest BCUT2D eigenvalue weighted by molar-refractivity contribution is -0.116. The first-order valence-corrected chi connectivity index (χ1v) is 16.1. The fourth-order valence-electron chi connectivity index (χ4n) is 4.52. The second-order valence-electron chi connectivity index (χ2n) is 10.5. The Kier molecular flexibility index (Phi) is 11.7. The summed E-state index contributed by atoms with van der Waals surface area (Å²) in [5.41, 5.74) is 2.40. The molecule has 0 radical (unpaired) electrons. The van der Waals surface area contributed by atoms with E-state index in [-0.39, 0.29) is 11.6 Å². The molecule has 0 aliphatic heterocycles. The van der Waals surface area contributed by atoms with Crippen LogP contribution in [0, 0.1) is 0 Å². The third-order valence-electron chi connectivity index (χ3n) is 6.93. The lowest BCUT2D eigenvalue weighted by atomic mass is 10.1. The van der Waals surface area contributed by atoms with Crippen LogP contribution in [0.1, 0.15) is 46.7 Å². The molecule has 5 aromatic rings. The maximum absolute atomic E-state index is 13.6. The highest BCUT2D eigenvalue weighted by molar-refractivity contribution is 8.00. The van der Waals surface area contributed by atoms with E-state index in [1.165, 1.54) is 24.1 Å². The minimum atomic E-state index is -0.581. The summed E-state index contributed by atoms with van der Waals surface area (Å²) in [6, 6.07) is 36.1. The summed E-state index contributed by atoms with van der Waals surface area (Å²) in [5.74, 6) is 0.00223. The Morgan fingerprint density at radius 2 is 1.55 bits per heavy atom. The van der Waals surface area contributed by atoms with Crippen molar-refractivity contribution in [2.45, 2.75) is 29.9 Å². The van der Waals surface area contributed by atoms with Crippen molar-refractivity contribution in [3.8, 4) is 5.75 Å². The molecule has 0 aliphatic rings. The third kappa shape index (κ3) is 9.72. The quantitative estimate of drug-likeness (QED) is 0.0636. The second-order valence-corrected chi connectivity index (χ2v) is 11.7. The van der Waals surface area contributed by atoms with Gasteiger partial charge in [0, 0.05) is 27.9 Å². The van der Waals surface area contributed by atoms with Crippen LogP contribution in [-0.4, -0.2) is 24.3 Å². The summed E-state index contributed by atoms with van der Waals surface area (Å²) in [6.07, 6.45) is 4.98. The number of ether oxygens (including phenoxy) is 1. The van der Waals surface area contributed by atoms with Crippen LogP contribution in [0.15, 0.2) is 143 Å².